The maximum Gasteiger partial charge on any atom is 0.341 e. The summed E-state index contributed by atoms with van der Waals surface area (Å²) < 4.78 is 0. The lowest BCUT2D eigenvalue weighted by atomic mass is 10.3. The molecule has 0 aromatic carbocycles. The topological polar surface area (TPSA) is 121 Å². The van der Waals surface area contributed by atoms with E-state index in [1.54, 1.807) is 0 Å². The van der Waals surface area contributed by atoms with Crippen LogP contribution in [0.15, 0.2) is 0 Å². The van der Waals surface area contributed by atoms with Crippen molar-refractivity contribution in [1.82, 2.24) is 0 Å². The van der Waals surface area contributed by atoms with Crippen molar-refractivity contribution in [3.8, 4) is 0 Å². The second kappa shape index (κ2) is 7.06. The van der Waals surface area contributed by atoms with E-state index in [4.69, 9.17) is 20.1 Å². The molecule has 11 heavy (non-hydrogen) atoms. The molecule has 0 fully saturated rings. The van der Waals surface area contributed by atoms with Crippen LogP contribution in [0.4, 0.5) is 0 Å². The maximum absolute atomic E-state index is 9.58. The van der Waals surface area contributed by atoms with Gasteiger partial charge in [-0.3, -0.25) is 10.1 Å². The minimum absolute atomic E-state index is 0.817. The van der Waals surface area contributed by atoms with Gasteiger partial charge in [0.05, 0.1) is 11.5 Å². The fourth-order valence-electron chi connectivity index (χ4n) is 0.235. The zero-order chi connectivity index (χ0) is 9.44. The highest BCUT2D eigenvalue weighted by Gasteiger charge is 2.25. The van der Waals surface area contributed by atoms with Gasteiger partial charge in [0.1, 0.15) is 6.79 Å². The highest BCUT2D eigenvalue weighted by Crippen LogP contribution is 1.91. The molecule has 2 unspecified atom stereocenters. The third-order valence-electron chi connectivity index (χ3n) is 0.747. The third kappa shape index (κ3) is 5.40. The number of hydrogen-bond donors (Lipinski definition) is 3. The van der Waals surface area contributed by atoms with E-state index in [1.807, 2.05) is 6.79 Å². The first kappa shape index (κ1) is 12.6. The Balaban J connectivity index is 0. The van der Waals surface area contributed by atoms with Gasteiger partial charge in [-0.15, -0.1) is 0 Å². The first-order valence-corrected chi connectivity index (χ1v) is 2.49. The predicted molar refractivity (Wildman–Crippen MR) is 33.2 cm³/mol. The Hall–Kier alpha value is -1.05. The number of carbonyl (C=O) groups is 1. The SMILES string of the molecule is C=O.O=[N+]([O-])C(O)C(O)CO. The Morgan fingerprint density at radius 3 is 1.91 bits per heavy atom. The Kier molecular flexibility index (Phi) is 8.10. The standard InChI is InChI=1S/C3H7NO5.CH2O/c5-1-2(6)3(7)4(8)9;1-2/h2-3,5-7H,1H2;1H2. The molecular formula is C4H9NO6. The summed E-state index contributed by atoms with van der Waals surface area (Å²) in [7, 11) is 0. The van der Waals surface area contributed by atoms with Gasteiger partial charge >= 0.3 is 6.23 Å². The fraction of sp³-hybridized carbons (Fsp3) is 0.750. The number of aliphatic hydroxyl groups excluding tert-OH is 3. The first-order chi connectivity index (χ1) is 5.09. The van der Waals surface area contributed by atoms with Gasteiger partial charge in [-0.2, -0.15) is 0 Å². The van der Waals surface area contributed by atoms with E-state index >= 15 is 0 Å². The van der Waals surface area contributed by atoms with Crippen molar-refractivity contribution in [3.63, 3.8) is 0 Å². The van der Waals surface area contributed by atoms with E-state index in [-0.39, 0.29) is 0 Å². The van der Waals surface area contributed by atoms with Gasteiger partial charge in [0.2, 0.25) is 0 Å². The van der Waals surface area contributed by atoms with E-state index in [0.717, 1.165) is 0 Å². The summed E-state index contributed by atoms with van der Waals surface area (Å²) in [5, 5.41) is 34.3. The van der Waals surface area contributed by atoms with Crippen molar-refractivity contribution in [3.05, 3.63) is 10.1 Å². The molecular weight excluding hydrogens is 158 g/mol. The van der Waals surface area contributed by atoms with Crippen molar-refractivity contribution in [2.24, 2.45) is 0 Å². The summed E-state index contributed by atoms with van der Waals surface area (Å²) in [6.45, 7) is 1.18. The van der Waals surface area contributed by atoms with Gasteiger partial charge in [-0.25, -0.2) is 0 Å². The molecule has 2 atom stereocenters. The molecule has 7 nitrogen and oxygen atoms in total. The highest BCUT2D eigenvalue weighted by atomic mass is 16.7. The van der Waals surface area contributed by atoms with E-state index in [1.165, 1.54) is 0 Å². The van der Waals surface area contributed by atoms with Crippen molar-refractivity contribution in [2.75, 3.05) is 6.61 Å². The molecule has 0 aliphatic heterocycles. The summed E-state index contributed by atoms with van der Waals surface area (Å²) in [6.07, 6.45) is -3.78. The van der Waals surface area contributed by atoms with Crippen LogP contribution in [0.25, 0.3) is 0 Å². The van der Waals surface area contributed by atoms with E-state index < -0.39 is 23.9 Å². The molecule has 0 saturated carbocycles. The highest BCUT2D eigenvalue weighted by molar-refractivity contribution is 5.10. The van der Waals surface area contributed by atoms with E-state index in [9.17, 15) is 10.1 Å². The lowest BCUT2D eigenvalue weighted by Crippen LogP contribution is -2.35. The van der Waals surface area contributed by atoms with Crippen LogP contribution in [0.2, 0.25) is 0 Å². The fourth-order valence-corrected chi connectivity index (χ4v) is 0.235. The molecule has 0 amide bonds. The zero-order valence-electron chi connectivity index (χ0n) is 5.58. The van der Waals surface area contributed by atoms with Crippen molar-refractivity contribution in [2.45, 2.75) is 12.3 Å². The molecule has 7 heteroatoms. The molecule has 0 rings (SSSR count). The lowest BCUT2D eigenvalue weighted by molar-refractivity contribution is -0.583. The quantitative estimate of drug-likeness (QED) is 0.248. The molecule has 0 bridgehead atoms. The number of nitro groups is 1. The number of nitrogens with zero attached hydrogens (tertiary/aromatic N) is 1. The smallest absolute Gasteiger partial charge is 0.341 e. The zero-order valence-corrected chi connectivity index (χ0v) is 5.58. The van der Waals surface area contributed by atoms with E-state index in [2.05, 4.69) is 0 Å². The monoisotopic (exact) mass is 167 g/mol. The first-order valence-electron chi connectivity index (χ1n) is 2.49. The minimum Gasteiger partial charge on any atom is -0.393 e. The summed E-state index contributed by atoms with van der Waals surface area (Å²) in [4.78, 5) is 16.5. The van der Waals surface area contributed by atoms with Crippen LogP contribution >= 0.6 is 0 Å². The second-order valence-electron chi connectivity index (χ2n) is 1.45. The maximum atomic E-state index is 9.58. The summed E-state index contributed by atoms with van der Waals surface area (Å²) >= 11 is 0. The molecule has 0 saturated heterocycles. The Morgan fingerprint density at radius 1 is 1.45 bits per heavy atom. The molecule has 0 aliphatic rings. The van der Waals surface area contributed by atoms with Gasteiger partial charge < -0.3 is 20.1 Å². The molecule has 3 N–H and O–H groups in total. The Morgan fingerprint density at radius 2 is 1.82 bits per heavy atom. The van der Waals surface area contributed by atoms with Crippen LogP contribution in [0.3, 0.4) is 0 Å². The van der Waals surface area contributed by atoms with Crippen molar-refractivity contribution >= 4 is 6.79 Å². The van der Waals surface area contributed by atoms with Crippen LogP contribution in [0, 0.1) is 10.1 Å². The second-order valence-corrected chi connectivity index (χ2v) is 1.45. The summed E-state index contributed by atoms with van der Waals surface area (Å²) in [5.74, 6) is 0. The molecule has 0 spiro atoms. The largest absolute Gasteiger partial charge is 0.393 e. The van der Waals surface area contributed by atoms with Crippen molar-refractivity contribution < 1.29 is 25.0 Å². The molecule has 0 heterocycles. The summed E-state index contributed by atoms with van der Waals surface area (Å²) in [5.41, 5.74) is 0. The third-order valence-corrected chi connectivity index (χ3v) is 0.747. The predicted octanol–water partition coefficient (Wildman–Crippen LogP) is -2.25. The van der Waals surface area contributed by atoms with Gasteiger partial charge in [0, 0.05) is 0 Å². The number of carbonyl (C=O) groups excluding carboxylic acids is 1. The van der Waals surface area contributed by atoms with Crippen LogP contribution in [-0.4, -0.2) is 46.0 Å². The van der Waals surface area contributed by atoms with Crippen LogP contribution < -0.4 is 0 Å². The lowest BCUT2D eigenvalue weighted by Gasteiger charge is -2.05. The number of rotatable bonds is 3. The molecule has 66 valence electrons. The van der Waals surface area contributed by atoms with Gasteiger partial charge in [0.15, 0.2) is 6.10 Å². The average molecular weight is 167 g/mol. The van der Waals surface area contributed by atoms with Crippen molar-refractivity contribution in [1.29, 1.82) is 0 Å². The molecule has 0 radical (unpaired) electrons. The normalized spacial score (nSPS) is 14.1. The van der Waals surface area contributed by atoms with Crippen LogP contribution in [-0.2, 0) is 4.79 Å². The minimum atomic E-state index is -2.09. The molecule has 0 aliphatic carbocycles. The van der Waals surface area contributed by atoms with Crippen LogP contribution in [0.5, 0.6) is 0 Å². The average Bonchev–Trinajstić information content (AvgIpc) is 2.05. The van der Waals surface area contributed by atoms with Gasteiger partial charge in [-0.05, 0) is 0 Å². The Labute approximate surface area is 62.0 Å². The molecule has 0 aromatic heterocycles. The number of hydrogen-bond acceptors (Lipinski definition) is 6. The summed E-state index contributed by atoms with van der Waals surface area (Å²) in [6, 6.07) is 0. The van der Waals surface area contributed by atoms with Gasteiger partial charge in [-0.1, -0.05) is 0 Å². The Bertz CT molecular complexity index is 117. The van der Waals surface area contributed by atoms with Crippen LogP contribution in [0.1, 0.15) is 0 Å². The van der Waals surface area contributed by atoms with E-state index in [0.29, 0.717) is 0 Å². The molecule has 0 aromatic rings. The van der Waals surface area contributed by atoms with Gasteiger partial charge in [0.25, 0.3) is 0 Å². The number of aliphatic hydroxyl groups is 3.